The molecule has 96 valence electrons. The minimum atomic E-state index is 1.04. The van der Waals surface area contributed by atoms with Crippen molar-refractivity contribution in [3.05, 3.63) is 58.9 Å². The number of pyridine rings is 1. The first kappa shape index (κ1) is 12.0. The topological polar surface area (TPSA) is 17.3 Å². The van der Waals surface area contributed by atoms with Crippen LogP contribution in [0.4, 0.5) is 0 Å². The van der Waals surface area contributed by atoms with Crippen LogP contribution in [0.2, 0.25) is 0 Å². The van der Waals surface area contributed by atoms with Crippen LogP contribution in [-0.4, -0.2) is 9.38 Å². The minimum Gasteiger partial charge on any atom is -0.306 e. The molecule has 19 heavy (non-hydrogen) atoms. The largest absolute Gasteiger partial charge is 0.306 e. The number of aromatic nitrogens is 2. The van der Waals surface area contributed by atoms with Crippen molar-refractivity contribution in [2.75, 3.05) is 0 Å². The van der Waals surface area contributed by atoms with Gasteiger partial charge in [-0.3, -0.25) is 0 Å². The number of benzene rings is 1. The van der Waals surface area contributed by atoms with Gasteiger partial charge in [0.1, 0.15) is 5.65 Å². The van der Waals surface area contributed by atoms with Gasteiger partial charge in [0.2, 0.25) is 0 Å². The molecule has 0 fully saturated rings. The van der Waals surface area contributed by atoms with Gasteiger partial charge in [0, 0.05) is 18.0 Å². The third-order valence-electron chi connectivity index (χ3n) is 3.79. The van der Waals surface area contributed by atoms with Crippen LogP contribution in [0.3, 0.4) is 0 Å². The predicted octanol–water partition coefficient (Wildman–Crippen LogP) is 4.23. The minimum absolute atomic E-state index is 1.04. The van der Waals surface area contributed by atoms with Gasteiger partial charge in [-0.2, -0.15) is 0 Å². The van der Waals surface area contributed by atoms with Gasteiger partial charge in [0.25, 0.3) is 0 Å². The molecule has 0 spiro atoms. The zero-order valence-electron chi connectivity index (χ0n) is 11.9. The van der Waals surface area contributed by atoms with Gasteiger partial charge in [-0.25, -0.2) is 4.98 Å². The summed E-state index contributed by atoms with van der Waals surface area (Å²) >= 11 is 0. The van der Waals surface area contributed by atoms with Crippen LogP contribution in [0.5, 0.6) is 0 Å². The van der Waals surface area contributed by atoms with Crippen LogP contribution in [0.25, 0.3) is 16.9 Å². The summed E-state index contributed by atoms with van der Waals surface area (Å²) in [7, 11) is 0. The summed E-state index contributed by atoms with van der Waals surface area (Å²) < 4.78 is 2.10. The molecule has 0 amide bonds. The van der Waals surface area contributed by atoms with Gasteiger partial charge in [0.15, 0.2) is 0 Å². The Morgan fingerprint density at radius 2 is 1.63 bits per heavy atom. The van der Waals surface area contributed by atoms with E-state index in [-0.39, 0.29) is 0 Å². The van der Waals surface area contributed by atoms with Crippen molar-refractivity contribution in [1.82, 2.24) is 9.38 Å². The van der Waals surface area contributed by atoms with E-state index >= 15 is 0 Å². The van der Waals surface area contributed by atoms with E-state index in [1.165, 1.54) is 27.8 Å². The Morgan fingerprint density at radius 3 is 2.37 bits per heavy atom. The summed E-state index contributed by atoms with van der Waals surface area (Å²) in [5.74, 6) is 0. The Hall–Kier alpha value is -2.09. The second-order valence-electron chi connectivity index (χ2n) is 5.30. The number of fused-ring (bicyclic) bond motifs is 1. The average molecular weight is 250 g/mol. The van der Waals surface area contributed by atoms with E-state index in [1.807, 2.05) is 0 Å². The lowest BCUT2D eigenvalue weighted by Gasteiger charge is -2.07. The molecule has 2 aromatic heterocycles. The fourth-order valence-electron chi connectivity index (χ4n) is 2.52. The molecule has 0 unspecified atom stereocenters. The van der Waals surface area contributed by atoms with E-state index in [1.54, 1.807) is 0 Å². The van der Waals surface area contributed by atoms with Crippen LogP contribution in [0.1, 0.15) is 22.3 Å². The third kappa shape index (κ3) is 1.93. The zero-order valence-corrected chi connectivity index (χ0v) is 11.9. The van der Waals surface area contributed by atoms with Crippen LogP contribution >= 0.6 is 0 Å². The number of rotatable bonds is 1. The lowest BCUT2D eigenvalue weighted by Crippen LogP contribution is -1.88. The molecule has 0 saturated carbocycles. The smallest absolute Gasteiger partial charge is 0.140 e. The number of nitrogens with zero attached hydrogens (tertiary/aromatic N) is 2. The highest BCUT2D eigenvalue weighted by Gasteiger charge is 2.09. The quantitative estimate of drug-likeness (QED) is 0.631. The van der Waals surface area contributed by atoms with E-state index in [4.69, 9.17) is 4.98 Å². The molecule has 2 heteroatoms. The van der Waals surface area contributed by atoms with Crippen LogP contribution in [-0.2, 0) is 0 Å². The van der Waals surface area contributed by atoms with Crippen molar-refractivity contribution < 1.29 is 0 Å². The SMILES string of the molecule is Cc1cc(C)c(-c2cn3cccc(C)c3n2)cc1C. The molecule has 0 saturated heterocycles. The Labute approximate surface area is 113 Å². The number of hydrogen-bond acceptors (Lipinski definition) is 1. The fraction of sp³-hybridized carbons (Fsp3) is 0.235. The Morgan fingerprint density at radius 1 is 0.895 bits per heavy atom. The Bertz CT molecular complexity index is 766. The van der Waals surface area contributed by atoms with Crippen molar-refractivity contribution in [2.24, 2.45) is 0 Å². The van der Waals surface area contributed by atoms with Crippen LogP contribution in [0, 0.1) is 27.7 Å². The highest BCUT2D eigenvalue weighted by molar-refractivity contribution is 5.68. The van der Waals surface area contributed by atoms with Crippen LogP contribution in [0.15, 0.2) is 36.7 Å². The van der Waals surface area contributed by atoms with Gasteiger partial charge in [-0.15, -0.1) is 0 Å². The lowest BCUT2D eigenvalue weighted by molar-refractivity contribution is 1.16. The molecule has 0 bridgehead atoms. The number of imidazole rings is 1. The molecule has 1 aromatic carbocycles. The van der Waals surface area contributed by atoms with Crippen molar-refractivity contribution in [1.29, 1.82) is 0 Å². The van der Waals surface area contributed by atoms with Crippen molar-refractivity contribution >= 4 is 5.65 Å². The second kappa shape index (κ2) is 4.23. The van der Waals surface area contributed by atoms with Crippen molar-refractivity contribution in [2.45, 2.75) is 27.7 Å². The molecule has 0 aliphatic heterocycles. The maximum Gasteiger partial charge on any atom is 0.140 e. The average Bonchev–Trinajstić information content (AvgIpc) is 2.79. The molecule has 0 N–H and O–H groups in total. The molecular formula is C17H18N2. The van der Waals surface area contributed by atoms with Gasteiger partial charge in [-0.05, 0) is 62.1 Å². The Balaban J connectivity index is 2.25. The maximum absolute atomic E-state index is 4.78. The summed E-state index contributed by atoms with van der Waals surface area (Å²) in [4.78, 5) is 4.78. The normalized spacial score (nSPS) is 11.2. The molecule has 3 rings (SSSR count). The number of aryl methyl sites for hydroxylation is 4. The highest BCUT2D eigenvalue weighted by atomic mass is 15.0. The zero-order chi connectivity index (χ0) is 13.6. The second-order valence-corrected chi connectivity index (χ2v) is 5.30. The molecule has 2 heterocycles. The highest BCUT2D eigenvalue weighted by Crippen LogP contribution is 2.26. The van der Waals surface area contributed by atoms with E-state index in [9.17, 15) is 0 Å². The maximum atomic E-state index is 4.78. The van der Waals surface area contributed by atoms with Crippen molar-refractivity contribution in [3.63, 3.8) is 0 Å². The fourth-order valence-corrected chi connectivity index (χ4v) is 2.52. The van der Waals surface area contributed by atoms with Gasteiger partial charge in [0.05, 0.1) is 5.69 Å². The third-order valence-corrected chi connectivity index (χ3v) is 3.79. The molecular weight excluding hydrogens is 232 g/mol. The number of hydrogen-bond donors (Lipinski definition) is 0. The molecule has 2 nitrogen and oxygen atoms in total. The van der Waals surface area contributed by atoms with Gasteiger partial charge >= 0.3 is 0 Å². The molecule has 0 aliphatic rings. The summed E-state index contributed by atoms with van der Waals surface area (Å²) in [6.45, 7) is 8.55. The van der Waals surface area contributed by atoms with Gasteiger partial charge in [-0.1, -0.05) is 12.1 Å². The summed E-state index contributed by atoms with van der Waals surface area (Å²) in [5.41, 5.74) is 8.45. The van der Waals surface area contributed by atoms with E-state index in [0.29, 0.717) is 0 Å². The molecule has 0 radical (unpaired) electrons. The van der Waals surface area contributed by atoms with Crippen molar-refractivity contribution in [3.8, 4) is 11.3 Å². The first-order valence-electron chi connectivity index (χ1n) is 6.59. The van der Waals surface area contributed by atoms with E-state index < -0.39 is 0 Å². The molecule has 0 aliphatic carbocycles. The summed E-state index contributed by atoms with van der Waals surface area (Å²) in [6.07, 6.45) is 4.16. The van der Waals surface area contributed by atoms with Gasteiger partial charge < -0.3 is 4.40 Å². The first-order valence-corrected chi connectivity index (χ1v) is 6.59. The summed E-state index contributed by atoms with van der Waals surface area (Å²) in [5, 5.41) is 0. The standard InChI is InChI=1S/C17H18N2/c1-11-6-5-7-19-10-16(18-17(11)19)15-9-13(3)12(2)8-14(15)4/h5-10H,1-4H3. The first-order chi connectivity index (χ1) is 9.06. The monoisotopic (exact) mass is 250 g/mol. The summed E-state index contributed by atoms with van der Waals surface area (Å²) in [6, 6.07) is 8.63. The van der Waals surface area contributed by atoms with E-state index in [0.717, 1.165) is 11.3 Å². The predicted molar refractivity (Wildman–Crippen MR) is 79.6 cm³/mol. The molecule has 0 atom stereocenters. The Kier molecular flexibility index (Phi) is 2.67. The lowest BCUT2D eigenvalue weighted by atomic mass is 9.99. The molecule has 3 aromatic rings. The van der Waals surface area contributed by atoms with E-state index in [2.05, 4.69) is 68.8 Å². The van der Waals surface area contributed by atoms with Crippen LogP contribution < -0.4 is 0 Å².